The standard InChI is InChI=1S/C29H30Br2/c1-16-11-24-18-7-3-5-9-20(18)28(30)14-26(24)22(16)13-23-17(2)12-25-19-8-4-6-10-21(19)29(31)15-27(23)25/h14-15H,3-13H2,1-2H3. The molecule has 2 aromatic carbocycles. The first-order chi connectivity index (χ1) is 15.0. The molecule has 160 valence electrons. The highest BCUT2D eigenvalue weighted by molar-refractivity contribution is 9.10. The number of halogens is 2. The Morgan fingerprint density at radius 1 is 0.581 bits per heavy atom. The predicted molar refractivity (Wildman–Crippen MR) is 139 cm³/mol. The van der Waals surface area contributed by atoms with E-state index in [9.17, 15) is 0 Å². The summed E-state index contributed by atoms with van der Waals surface area (Å²) in [4.78, 5) is 0. The number of rotatable bonds is 2. The summed E-state index contributed by atoms with van der Waals surface area (Å²) < 4.78 is 2.70. The van der Waals surface area contributed by atoms with Crippen LogP contribution in [0, 0.1) is 0 Å². The summed E-state index contributed by atoms with van der Waals surface area (Å²) in [6.07, 6.45) is 13.8. The summed E-state index contributed by atoms with van der Waals surface area (Å²) in [5.74, 6) is 0. The second-order valence-electron chi connectivity index (χ2n) is 10.1. The van der Waals surface area contributed by atoms with Crippen molar-refractivity contribution >= 4 is 43.0 Å². The maximum absolute atomic E-state index is 3.94. The average molecular weight is 538 g/mol. The van der Waals surface area contributed by atoms with Crippen molar-refractivity contribution in [3.63, 3.8) is 0 Å². The van der Waals surface area contributed by atoms with E-state index in [4.69, 9.17) is 0 Å². The molecule has 0 radical (unpaired) electrons. The second kappa shape index (κ2) is 7.73. The third-order valence-electron chi connectivity index (χ3n) is 8.35. The molecule has 0 heterocycles. The zero-order valence-electron chi connectivity index (χ0n) is 18.7. The third kappa shape index (κ3) is 3.19. The second-order valence-corrected chi connectivity index (χ2v) is 11.9. The van der Waals surface area contributed by atoms with Crippen LogP contribution in [0.3, 0.4) is 0 Å². The van der Waals surface area contributed by atoms with E-state index in [1.54, 1.807) is 55.7 Å². The van der Waals surface area contributed by atoms with Gasteiger partial charge in [0.05, 0.1) is 0 Å². The molecule has 6 rings (SSSR count). The largest absolute Gasteiger partial charge is 0.0648 e. The van der Waals surface area contributed by atoms with Gasteiger partial charge in [0, 0.05) is 8.95 Å². The lowest BCUT2D eigenvalue weighted by atomic mass is 9.84. The van der Waals surface area contributed by atoms with Gasteiger partial charge in [-0.2, -0.15) is 0 Å². The van der Waals surface area contributed by atoms with Gasteiger partial charge in [0.2, 0.25) is 0 Å². The molecule has 0 N–H and O–H groups in total. The van der Waals surface area contributed by atoms with E-state index in [1.807, 2.05) is 0 Å². The molecule has 0 spiro atoms. The molecule has 0 unspecified atom stereocenters. The molecule has 0 nitrogen and oxygen atoms in total. The van der Waals surface area contributed by atoms with Crippen LogP contribution >= 0.6 is 31.9 Å². The molecular formula is C29H30Br2. The Labute approximate surface area is 203 Å². The molecule has 0 aromatic heterocycles. The molecule has 4 aliphatic carbocycles. The lowest BCUT2D eigenvalue weighted by Crippen LogP contribution is -2.08. The SMILES string of the molecule is CC1=C(CC2=C(C)Cc3c2cc(Br)c2c3CCCC2)c2cc(Br)c3c(c2C1)CCCC3. The van der Waals surface area contributed by atoms with Crippen molar-refractivity contribution < 1.29 is 0 Å². The van der Waals surface area contributed by atoms with E-state index >= 15 is 0 Å². The summed E-state index contributed by atoms with van der Waals surface area (Å²) in [5.41, 5.74) is 19.3. The smallest absolute Gasteiger partial charge is 0.0216 e. The molecule has 0 saturated heterocycles. The van der Waals surface area contributed by atoms with E-state index in [-0.39, 0.29) is 0 Å². The van der Waals surface area contributed by atoms with Gasteiger partial charge >= 0.3 is 0 Å². The van der Waals surface area contributed by atoms with E-state index in [0.29, 0.717) is 0 Å². The van der Waals surface area contributed by atoms with Crippen molar-refractivity contribution in [2.24, 2.45) is 0 Å². The third-order valence-corrected chi connectivity index (χ3v) is 9.77. The fourth-order valence-electron chi connectivity index (χ4n) is 6.75. The molecule has 0 amide bonds. The molecule has 2 heteroatoms. The molecule has 0 atom stereocenters. The van der Waals surface area contributed by atoms with Crippen LogP contribution < -0.4 is 0 Å². The Balaban J connectivity index is 1.42. The van der Waals surface area contributed by atoms with E-state index in [0.717, 1.165) is 19.3 Å². The molecule has 0 bridgehead atoms. The number of hydrogen-bond donors (Lipinski definition) is 0. The topological polar surface area (TPSA) is 0 Å². The van der Waals surface area contributed by atoms with E-state index < -0.39 is 0 Å². The first-order valence-electron chi connectivity index (χ1n) is 12.1. The summed E-state index contributed by atoms with van der Waals surface area (Å²) in [6.45, 7) is 4.76. The Bertz CT molecular complexity index is 1100. The highest BCUT2D eigenvalue weighted by atomic mass is 79.9. The molecule has 0 saturated carbocycles. The first-order valence-corrected chi connectivity index (χ1v) is 13.7. The van der Waals surface area contributed by atoms with Crippen LogP contribution in [0.5, 0.6) is 0 Å². The van der Waals surface area contributed by atoms with Crippen LogP contribution in [0.4, 0.5) is 0 Å². The summed E-state index contributed by atoms with van der Waals surface area (Å²) in [7, 11) is 0. The lowest BCUT2D eigenvalue weighted by molar-refractivity contribution is 0.677. The van der Waals surface area contributed by atoms with Crippen molar-refractivity contribution in [2.45, 2.75) is 84.5 Å². The minimum atomic E-state index is 1.09. The van der Waals surface area contributed by atoms with Crippen molar-refractivity contribution in [2.75, 3.05) is 0 Å². The lowest BCUT2D eigenvalue weighted by Gasteiger charge is -2.23. The molecule has 0 fully saturated rings. The van der Waals surface area contributed by atoms with Gasteiger partial charge in [0.15, 0.2) is 0 Å². The van der Waals surface area contributed by atoms with Gasteiger partial charge in [-0.1, -0.05) is 43.0 Å². The van der Waals surface area contributed by atoms with Crippen molar-refractivity contribution in [3.8, 4) is 0 Å². The fraction of sp³-hybridized carbons (Fsp3) is 0.448. The Hall–Kier alpha value is -1.12. The Morgan fingerprint density at radius 3 is 1.39 bits per heavy atom. The fourth-order valence-corrected chi connectivity index (χ4v) is 8.08. The minimum Gasteiger partial charge on any atom is -0.0648 e. The van der Waals surface area contributed by atoms with Gasteiger partial charge in [-0.05, 0) is 152 Å². The first kappa shape index (κ1) is 20.5. The van der Waals surface area contributed by atoms with Crippen molar-refractivity contribution in [1.29, 1.82) is 0 Å². The molecular weight excluding hydrogens is 508 g/mol. The number of fused-ring (bicyclic) bond motifs is 6. The van der Waals surface area contributed by atoms with Crippen LogP contribution in [0.2, 0.25) is 0 Å². The number of allylic oxidation sites excluding steroid dienone is 4. The predicted octanol–water partition coefficient (Wildman–Crippen LogP) is 8.72. The number of benzene rings is 2. The maximum Gasteiger partial charge on any atom is 0.0216 e. The highest BCUT2D eigenvalue weighted by Crippen LogP contribution is 2.49. The zero-order valence-corrected chi connectivity index (χ0v) is 21.9. The zero-order chi connectivity index (χ0) is 21.3. The number of hydrogen-bond acceptors (Lipinski definition) is 0. The van der Waals surface area contributed by atoms with E-state index in [1.165, 1.54) is 71.4 Å². The molecule has 0 aliphatic heterocycles. The highest BCUT2D eigenvalue weighted by Gasteiger charge is 2.31. The van der Waals surface area contributed by atoms with Gasteiger partial charge in [-0.3, -0.25) is 0 Å². The summed E-state index contributed by atoms with van der Waals surface area (Å²) >= 11 is 7.89. The van der Waals surface area contributed by atoms with Gasteiger partial charge in [0.25, 0.3) is 0 Å². The van der Waals surface area contributed by atoms with Gasteiger partial charge in [-0.25, -0.2) is 0 Å². The van der Waals surface area contributed by atoms with Crippen LogP contribution in [-0.4, -0.2) is 0 Å². The summed E-state index contributed by atoms with van der Waals surface area (Å²) in [5, 5.41) is 0. The van der Waals surface area contributed by atoms with Crippen LogP contribution in [0.25, 0.3) is 11.1 Å². The van der Waals surface area contributed by atoms with Crippen molar-refractivity contribution in [3.05, 3.63) is 76.7 Å². The van der Waals surface area contributed by atoms with Crippen molar-refractivity contribution in [1.82, 2.24) is 0 Å². The molecule has 31 heavy (non-hydrogen) atoms. The van der Waals surface area contributed by atoms with E-state index in [2.05, 4.69) is 57.8 Å². The molecule has 2 aromatic rings. The Morgan fingerprint density at radius 2 is 0.968 bits per heavy atom. The summed E-state index contributed by atoms with van der Waals surface area (Å²) in [6, 6.07) is 4.92. The normalized spacial score (nSPS) is 19.5. The minimum absolute atomic E-state index is 1.09. The van der Waals surface area contributed by atoms with Crippen LogP contribution in [0.1, 0.15) is 90.5 Å². The Kier molecular flexibility index (Phi) is 5.11. The molecule has 4 aliphatic rings. The van der Waals surface area contributed by atoms with Crippen LogP contribution in [-0.2, 0) is 38.5 Å². The van der Waals surface area contributed by atoms with Gasteiger partial charge in [-0.15, -0.1) is 0 Å². The quantitative estimate of drug-likeness (QED) is 0.359. The monoisotopic (exact) mass is 536 g/mol. The maximum atomic E-state index is 3.94. The van der Waals surface area contributed by atoms with Crippen LogP contribution in [0.15, 0.2) is 32.2 Å². The van der Waals surface area contributed by atoms with Gasteiger partial charge < -0.3 is 0 Å². The van der Waals surface area contributed by atoms with Gasteiger partial charge in [0.1, 0.15) is 0 Å². The average Bonchev–Trinajstić information content (AvgIpc) is 3.26.